The molecule has 11 nitrogen and oxygen atoms in total. The van der Waals surface area contributed by atoms with E-state index in [0.717, 1.165) is 14.3 Å². The maximum atomic E-state index is 14.4. The summed E-state index contributed by atoms with van der Waals surface area (Å²) >= 11 is 3.42. The maximum Gasteiger partial charge on any atom is 0.265 e. The van der Waals surface area contributed by atoms with E-state index in [1.165, 1.54) is 57.6 Å². The van der Waals surface area contributed by atoms with Crippen LogP contribution in [-0.4, -0.2) is 71.7 Å². The van der Waals surface area contributed by atoms with Crippen LogP contribution in [-0.2, 0) is 26.2 Å². The van der Waals surface area contributed by atoms with Crippen molar-refractivity contribution >= 4 is 43.5 Å². The Morgan fingerprint density at radius 1 is 0.844 bits per heavy atom. The Morgan fingerprint density at radius 3 is 2.00 bits per heavy atom. The fraction of sp³-hybridized carbons (Fsp3) is 0.375. The molecule has 0 saturated heterocycles. The van der Waals surface area contributed by atoms with Crippen molar-refractivity contribution in [3.8, 4) is 23.0 Å². The van der Waals surface area contributed by atoms with Gasteiger partial charge in [-0.25, -0.2) is 8.42 Å². The van der Waals surface area contributed by atoms with E-state index in [2.05, 4.69) is 21.2 Å². The molecule has 244 valence electrons. The number of methoxy groups -OCH3 is 4. The molecule has 0 saturated carbocycles. The average molecular weight is 707 g/mol. The van der Waals surface area contributed by atoms with Gasteiger partial charge >= 0.3 is 0 Å². The van der Waals surface area contributed by atoms with E-state index in [1.807, 2.05) is 45.0 Å². The summed E-state index contributed by atoms with van der Waals surface area (Å²) in [5, 5.41) is 2.91. The summed E-state index contributed by atoms with van der Waals surface area (Å²) in [6.45, 7) is 6.51. The Bertz CT molecular complexity index is 1610. The molecule has 0 aliphatic rings. The van der Waals surface area contributed by atoms with Crippen LogP contribution in [0.1, 0.15) is 33.3 Å². The molecule has 1 N–H and O–H groups in total. The first kappa shape index (κ1) is 35.5. The summed E-state index contributed by atoms with van der Waals surface area (Å²) in [6, 6.07) is 15.1. The third kappa shape index (κ3) is 8.82. The predicted octanol–water partition coefficient (Wildman–Crippen LogP) is 5.01. The van der Waals surface area contributed by atoms with Crippen molar-refractivity contribution in [1.29, 1.82) is 0 Å². The van der Waals surface area contributed by atoms with E-state index in [4.69, 9.17) is 18.9 Å². The van der Waals surface area contributed by atoms with Gasteiger partial charge in [-0.15, -0.1) is 0 Å². The quantitative estimate of drug-likeness (QED) is 0.263. The normalized spacial score (nSPS) is 12.1. The minimum absolute atomic E-state index is 0.0460. The van der Waals surface area contributed by atoms with Gasteiger partial charge in [-0.2, -0.15) is 0 Å². The molecule has 0 radical (unpaired) electrons. The van der Waals surface area contributed by atoms with E-state index in [9.17, 15) is 18.0 Å². The maximum absolute atomic E-state index is 14.4. The first-order chi connectivity index (χ1) is 21.1. The summed E-state index contributed by atoms with van der Waals surface area (Å²) in [7, 11) is 1.23. The van der Waals surface area contributed by atoms with Gasteiger partial charge in [-0.05, 0) is 69.7 Å². The Labute approximate surface area is 273 Å². The second-order valence-corrected chi connectivity index (χ2v) is 13.9. The van der Waals surface area contributed by atoms with Crippen molar-refractivity contribution in [3.05, 3.63) is 70.7 Å². The molecular weight excluding hydrogens is 666 g/mol. The van der Waals surface area contributed by atoms with Crippen LogP contribution in [0.4, 0.5) is 5.69 Å². The summed E-state index contributed by atoms with van der Waals surface area (Å²) < 4.78 is 52.1. The van der Waals surface area contributed by atoms with Crippen molar-refractivity contribution < 1.29 is 37.0 Å². The number of benzene rings is 3. The van der Waals surface area contributed by atoms with Crippen molar-refractivity contribution in [2.75, 3.05) is 39.3 Å². The SMILES string of the molecule is COc1ccc(OC)c(N(CC(=O)N(Cc2ccc(Br)cc2)C(C)C(=O)NC(C)(C)C)S(=O)(=O)c2ccc(OC)c(OC)c2)c1. The van der Waals surface area contributed by atoms with E-state index in [-0.39, 0.29) is 34.5 Å². The van der Waals surface area contributed by atoms with Gasteiger partial charge in [-0.1, -0.05) is 28.1 Å². The third-order valence-electron chi connectivity index (χ3n) is 6.81. The Kier molecular flexibility index (Phi) is 11.7. The van der Waals surface area contributed by atoms with Crippen LogP contribution in [0.25, 0.3) is 0 Å². The second kappa shape index (κ2) is 14.9. The van der Waals surface area contributed by atoms with Crippen LogP contribution in [0.5, 0.6) is 23.0 Å². The summed E-state index contributed by atoms with van der Waals surface area (Å²) in [5.74, 6) is 0.0369. The first-order valence-corrected chi connectivity index (χ1v) is 16.2. The number of hydrogen-bond acceptors (Lipinski definition) is 8. The molecule has 0 spiro atoms. The molecule has 0 heterocycles. The van der Waals surface area contributed by atoms with Crippen LogP contribution < -0.4 is 28.6 Å². The zero-order valence-corrected chi connectivity index (χ0v) is 29.1. The topological polar surface area (TPSA) is 124 Å². The molecule has 0 bridgehead atoms. The standard InChI is InChI=1S/C32H40BrN3O8S/c1-21(31(38)34-32(2,3)4)35(19-22-9-11-23(33)12-10-22)30(37)20-36(26-17-24(41-5)13-15-27(26)42-6)45(39,40)25-14-16-28(43-7)29(18-25)44-8/h9-18,21H,19-20H2,1-8H3,(H,34,38). The van der Waals surface area contributed by atoms with Gasteiger partial charge in [0.05, 0.1) is 39.0 Å². The molecule has 0 aliphatic carbocycles. The monoisotopic (exact) mass is 705 g/mol. The van der Waals surface area contributed by atoms with Crippen molar-refractivity contribution in [2.45, 2.75) is 50.7 Å². The lowest BCUT2D eigenvalue weighted by molar-refractivity contribution is -0.140. The smallest absolute Gasteiger partial charge is 0.265 e. The van der Waals surface area contributed by atoms with Gasteiger partial charge in [0.25, 0.3) is 10.0 Å². The lowest BCUT2D eigenvalue weighted by atomic mass is 10.1. The van der Waals surface area contributed by atoms with Gasteiger partial charge in [0, 0.05) is 28.7 Å². The fourth-order valence-corrected chi connectivity index (χ4v) is 6.15. The van der Waals surface area contributed by atoms with Gasteiger partial charge in [0.1, 0.15) is 24.1 Å². The lowest BCUT2D eigenvalue weighted by Crippen LogP contribution is -2.54. The Balaban J connectivity index is 2.17. The summed E-state index contributed by atoms with van der Waals surface area (Å²) in [4.78, 5) is 28.8. The zero-order chi connectivity index (χ0) is 33.5. The number of carbonyl (C=O) groups is 2. The lowest BCUT2D eigenvalue weighted by Gasteiger charge is -2.34. The van der Waals surface area contributed by atoms with Crippen LogP contribution in [0.2, 0.25) is 0 Å². The highest BCUT2D eigenvalue weighted by atomic mass is 79.9. The molecular formula is C32H40BrN3O8S. The molecule has 0 aromatic heterocycles. The van der Waals surface area contributed by atoms with Gasteiger partial charge in [0.2, 0.25) is 11.8 Å². The van der Waals surface area contributed by atoms with E-state index < -0.39 is 34.1 Å². The molecule has 1 atom stereocenters. The van der Waals surface area contributed by atoms with E-state index in [0.29, 0.717) is 11.5 Å². The van der Waals surface area contributed by atoms with Crippen molar-refractivity contribution in [3.63, 3.8) is 0 Å². The molecule has 1 unspecified atom stereocenters. The molecule has 3 aromatic carbocycles. The van der Waals surface area contributed by atoms with Gasteiger partial charge in [-0.3, -0.25) is 13.9 Å². The fourth-order valence-electron chi connectivity index (χ4n) is 4.45. The van der Waals surface area contributed by atoms with Gasteiger partial charge in [0.15, 0.2) is 11.5 Å². The van der Waals surface area contributed by atoms with Gasteiger partial charge < -0.3 is 29.2 Å². The van der Waals surface area contributed by atoms with Crippen LogP contribution >= 0.6 is 15.9 Å². The van der Waals surface area contributed by atoms with Crippen LogP contribution in [0.3, 0.4) is 0 Å². The van der Waals surface area contributed by atoms with Crippen LogP contribution in [0, 0.1) is 0 Å². The zero-order valence-electron chi connectivity index (χ0n) is 26.7. The summed E-state index contributed by atoms with van der Waals surface area (Å²) in [6.07, 6.45) is 0. The number of halogens is 1. The number of hydrogen-bond donors (Lipinski definition) is 1. The van der Waals surface area contributed by atoms with Crippen LogP contribution in [0.15, 0.2) is 70.0 Å². The number of carbonyl (C=O) groups excluding carboxylic acids is 2. The van der Waals surface area contributed by atoms with E-state index >= 15 is 0 Å². The first-order valence-electron chi connectivity index (χ1n) is 14.0. The molecule has 3 aromatic rings. The highest BCUT2D eigenvalue weighted by Gasteiger charge is 2.35. The number of anilines is 1. The molecule has 0 fully saturated rings. The number of rotatable bonds is 13. The largest absolute Gasteiger partial charge is 0.497 e. The average Bonchev–Trinajstić information content (AvgIpc) is 3.01. The minimum atomic E-state index is -4.44. The van der Waals surface area contributed by atoms with E-state index in [1.54, 1.807) is 19.1 Å². The second-order valence-electron chi connectivity index (χ2n) is 11.1. The molecule has 3 rings (SSSR count). The van der Waals surface area contributed by atoms with Crippen molar-refractivity contribution in [1.82, 2.24) is 10.2 Å². The Morgan fingerprint density at radius 2 is 1.44 bits per heavy atom. The van der Waals surface area contributed by atoms with Crippen molar-refractivity contribution in [2.24, 2.45) is 0 Å². The molecule has 2 amide bonds. The third-order valence-corrected chi connectivity index (χ3v) is 9.09. The molecule has 45 heavy (non-hydrogen) atoms. The molecule has 13 heteroatoms. The number of nitrogens with one attached hydrogen (secondary N) is 1. The number of nitrogens with zero attached hydrogens (tertiary/aromatic N) is 2. The number of amides is 2. The summed E-state index contributed by atoms with van der Waals surface area (Å²) in [5.41, 5.74) is 0.250. The predicted molar refractivity (Wildman–Crippen MR) is 176 cm³/mol. The number of sulfonamides is 1. The Hall–Kier alpha value is -3.97. The number of ether oxygens (including phenoxy) is 4. The minimum Gasteiger partial charge on any atom is -0.497 e. The molecule has 0 aliphatic heterocycles. The highest BCUT2D eigenvalue weighted by Crippen LogP contribution is 2.38. The highest BCUT2D eigenvalue weighted by molar-refractivity contribution is 9.10.